The molecule has 3 N–H and O–H groups in total. The van der Waals surface area contributed by atoms with E-state index in [1.807, 2.05) is 4.98 Å². The van der Waals surface area contributed by atoms with Crippen LogP contribution in [-0.2, 0) is 23.4 Å². The lowest BCUT2D eigenvalue weighted by molar-refractivity contribution is -0.152. The number of alkyl halides is 1. The fraction of sp³-hybridized carbons (Fsp3) is 0.560. The van der Waals surface area contributed by atoms with E-state index in [0.29, 0.717) is 0 Å². The Balaban J connectivity index is 1.49. The molecular formula is C25H32F2N3O9P. The molecule has 0 amide bonds. The molecule has 15 heteroatoms. The first-order chi connectivity index (χ1) is 18.9. The van der Waals surface area contributed by atoms with E-state index in [1.165, 1.54) is 19.1 Å². The van der Waals surface area contributed by atoms with Crippen LogP contribution in [0.25, 0.3) is 0 Å². The van der Waals surface area contributed by atoms with Gasteiger partial charge in [0.25, 0.3) is 5.56 Å². The normalized spacial score (nSPS) is 27.6. The van der Waals surface area contributed by atoms with Crippen molar-refractivity contribution in [1.82, 2.24) is 14.6 Å². The number of hydrogen-bond donors (Lipinski definition) is 3. The van der Waals surface area contributed by atoms with Crippen LogP contribution in [0.1, 0.15) is 52.2 Å². The lowest BCUT2D eigenvalue weighted by Crippen LogP contribution is -2.44. The average molecular weight is 588 g/mol. The number of esters is 1. The summed E-state index contributed by atoms with van der Waals surface area (Å²) in [6, 6.07) is 4.32. The van der Waals surface area contributed by atoms with Crippen molar-refractivity contribution >= 4 is 13.7 Å². The van der Waals surface area contributed by atoms with Crippen LogP contribution in [0.3, 0.4) is 0 Å². The number of aliphatic hydroxyl groups is 1. The SMILES string of the molecule is C[C@H](N[P@](=O)(OC[C@H]1O[C@@H](n2ccc(=O)[nH]c2=O)[C@](C)(F)[C@@H]1O)Oc1ccc(F)cc1)C(=O)OC1CCCCC1. The summed E-state index contributed by atoms with van der Waals surface area (Å²) in [6.45, 7) is 1.69. The van der Waals surface area contributed by atoms with Gasteiger partial charge in [-0.25, -0.2) is 18.1 Å². The maximum absolute atomic E-state index is 15.5. The number of ether oxygens (including phenoxy) is 2. The Hall–Kier alpha value is -2.90. The lowest BCUT2D eigenvalue weighted by Gasteiger charge is -2.27. The summed E-state index contributed by atoms with van der Waals surface area (Å²) in [7, 11) is -4.45. The Morgan fingerprint density at radius 2 is 1.93 bits per heavy atom. The van der Waals surface area contributed by atoms with E-state index in [0.717, 1.165) is 68.0 Å². The first kappa shape index (κ1) is 30.1. The minimum atomic E-state index is -4.45. The Morgan fingerprint density at radius 3 is 2.58 bits per heavy atom. The molecule has 1 aliphatic heterocycles. The first-order valence-corrected chi connectivity index (χ1v) is 14.4. The van der Waals surface area contributed by atoms with Crippen LogP contribution in [0.15, 0.2) is 46.1 Å². The van der Waals surface area contributed by atoms with E-state index in [1.54, 1.807) is 0 Å². The quantitative estimate of drug-likeness (QED) is 0.279. The number of hydrogen-bond acceptors (Lipinski definition) is 9. The van der Waals surface area contributed by atoms with E-state index in [-0.39, 0.29) is 11.9 Å². The third-order valence-corrected chi connectivity index (χ3v) is 8.45. The van der Waals surface area contributed by atoms with Crippen LogP contribution in [0.5, 0.6) is 5.75 Å². The largest absolute Gasteiger partial charge is 0.461 e. The zero-order valence-electron chi connectivity index (χ0n) is 22.0. The predicted molar refractivity (Wildman–Crippen MR) is 137 cm³/mol. The van der Waals surface area contributed by atoms with Gasteiger partial charge in [0.15, 0.2) is 11.9 Å². The van der Waals surface area contributed by atoms with Crippen molar-refractivity contribution in [2.24, 2.45) is 0 Å². The molecule has 1 aromatic carbocycles. The number of aliphatic hydroxyl groups excluding tert-OH is 1. The third kappa shape index (κ3) is 7.05. The van der Waals surface area contributed by atoms with Crippen molar-refractivity contribution in [2.45, 2.75) is 82.2 Å². The van der Waals surface area contributed by atoms with Gasteiger partial charge in [-0.3, -0.25) is 23.7 Å². The predicted octanol–water partition coefficient (Wildman–Crippen LogP) is 2.72. The van der Waals surface area contributed by atoms with Crippen LogP contribution in [0, 0.1) is 5.82 Å². The van der Waals surface area contributed by atoms with Crippen molar-refractivity contribution in [3.63, 3.8) is 0 Å². The molecule has 40 heavy (non-hydrogen) atoms. The molecule has 220 valence electrons. The average Bonchev–Trinajstić information content (AvgIpc) is 3.13. The van der Waals surface area contributed by atoms with E-state index in [9.17, 15) is 28.4 Å². The minimum absolute atomic E-state index is 0.0639. The van der Waals surface area contributed by atoms with E-state index in [2.05, 4.69) is 5.09 Å². The van der Waals surface area contributed by atoms with Gasteiger partial charge >= 0.3 is 19.4 Å². The van der Waals surface area contributed by atoms with E-state index < -0.39 is 67.5 Å². The van der Waals surface area contributed by atoms with Crippen LogP contribution < -0.4 is 20.9 Å². The summed E-state index contributed by atoms with van der Waals surface area (Å²) in [6.07, 6.45) is 0.145. The molecule has 2 aliphatic rings. The standard InChI is InChI=1S/C25H32F2N3O9P/c1-15(22(33)37-17-6-4-3-5-7-17)29-40(35,39-18-10-8-16(26)9-11-18)36-14-19-21(32)25(2,27)23(38-19)30-13-12-20(31)28-24(30)34/h8-13,15,17,19,21,23,32H,3-7,14H2,1-2H3,(H,29,35)(H,28,31,34)/t15-,19+,21+,23+,25+,40-/m0/s1. The number of H-pyrrole nitrogens is 1. The molecule has 1 saturated carbocycles. The molecule has 2 aromatic rings. The summed E-state index contributed by atoms with van der Waals surface area (Å²) in [5.74, 6) is -1.33. The molecule has 2 heterocycles. The Labute approximate surface area is 228 Å². The summed E-state index contributed by atoms with van der Waals surface area (Å²) in [5, 5.41) is 13.1. The lowest BCUT2D eigenvalue weighted by atomic mass is 9.98. The zero-order valence-corrected chi connectivity index (χ0v) is 22.9. The van der Waals surface area contributed by atoms with Gasteiger partial charge in [0, 0.05) is 12.3 Å². The molecule has 2 fully saturated rings. The maximum atomic E-state index is 15.5. The monoisotopic (exact) mass is 587 g/mol. The van der Waals surface area contributed by atoms with Crippen molar-refractivity contribution in [1.29, 1.82) is 0 Å². The highest BCUT2D eigenvalue weighted by molar-refractivity contribution is 7.52. The maximum Gasteiger partial charge on any atom is 0.459 e. The van der Waals surface area contributed by atoms with Gasteiger partial charge in [-0.15, -0.1) is 0 Å². The number of carbonyl (C=O) groups is 1. The first-order valence-electron chi connectivity index (χ1n) is 12.9. The van der Waals surface area contributed by atoms with Crippen LogP contribution >= 0.6 is 7.75 Å². The Bertz CT molecular complexity index is 1340. The number of nitrogens with one attached hydrogen (secondary N) is 2. The second kappa shape index (κ2) is 12.3. The zero-order chi connectivity index (χ0) is 29.1. The van der Waals surface area contributed by atoms with Gasteiger partial charge in [-0.05, 0) is 63.8 Å². The fourth-order valence-electron chi connectivity index (χ4n) is 4.60. The van der Waals surface area contributed by atoms with Gasteiger partial charge in [0.1, 0.15) is 35.9 Å². The van der Waals surface area contributed by atoms with Crippen LogP contribution in [0.2, 0.25) is 0 Å². The van der Waals surface area contributed by atoms with Crippen LogP contribution in [0.4, 0.5) is 8.78 Å². The van der Waals surface area contributed by atoms with Crippen molar-refractivity contribution < 1.29 is 41.8 Å². The molecule has 0 radical (unpaired) electrons. The molecule has 0 bridgehead atoms. The molecular weight excluding hydrogens is 555 g/mol. The van der Waals surface area contributed by atoms with Crippen molar-refractivity contribution in [3.8, 4) is 5.75 Å². The van der Waals surface area contributed by atoms with E-state index >= 15 is 4.39 Å². The summed E-state index contributed by atoms with van der Waals surface area (Å²) in [4.78, 5) is 38.3. The molecule has 1 aliphatic carbocycles. The third-order valence-electron chi connectivity index (χ3n) is 6.81. The summed E-state index contributed by atoms with van der Waals surface area (Å²) >= 11 is 0. The number of halogens is 2. The minimum Gasteiger partial charge on any atom is -0.461 e. The second-order valence-electron chi connectivity index (χ2n) is 10.0. The van der Waals surface area contributed by atoms with Gasteiger partial charge in [0.05, 0.1) is 6.61 Å². The smallest absolute Gasteiger partial charge is 0.459 e. The van der Waals surface area contributed by atoms with Gasteiger partial charge in [-0.1, -0.05) is 6.42 Å². The highest BCUT2D eigenvalue weighted by Crippen LogP contribution is 2.47. The van der Waals surface area contributed by atoms with Crippen molar-refractivity contribution in [2.75, 3.05) is 6.61 Å². The summed E-state index contributed by atoms with van der Waals surface area (Å²) < 4.78 is 65.5. The number of aromatic nitrogens is 2. The number of carbonyl (C=O) groups excluding carboxylic acids is 1. The Kier molecular flexibility index (Phi) is 9.26. The summed E-state index contributed by atoms with van der Waals surface area (Å²) in [5.41, 5.74) is -4.20. The topological polar surface area (TPSA) is 158 Å². The molecule has 0 unspecified atom stereocenters. The fourth-order valence-corrected chi connectivity index (χ4v) is 6.10. The molecule has 12 nitrogen and oxygen atoms in total. The van der Waals surface area contributed by atoms with E-state index in [4.69, 9.17) is 18.5 Å². The molecule has 6 atom stereocenters. The number of aromatic amines is 1. The molecule has 1 aromatic heterocycles. The number of benzene rings is 1. The van der Waals surface area contributed by atoms with Gasteiger partial charge in [-0.2, -0.15) is 5.09 Å². The highest BCUT2D eigenvalue weighted by Gasteiger charge is 2.56. The van der Waals surface area contributed by atoms with Crippen LogP contribution in [-0.4, -0.2) is 57.3 Å². The number of rotatable bonds is 10. The van der Waals surface area contributed by atoms with Gasteiger partial charge < -0.3 is 19.1 Å². The second-order valence-corrected chi connectivity index (χ2v) is 11.7. The number of nitrogens with zero attached hydrogens (tertiary/aromatic N) is 1. The molecule has 1 saturated heterocycles. The van der Waals surface area contributed by atoms with Crippen molar-refractivity contribution in [3.05, 3.63) is 63.2 Å². The highest BCUT2D eigenvalue weighted by atomic mass is 31.2. The van der Waals surface area contributed by atoms with Gasteiger partial charge in [0.2, 0.25) is 0 Å². The molecule has 4 rings (SSSR count). The Morgan fingerprint density at radius 1 is 1.25 bits per heavy atom. The molecule has 0 spiro atoms.